The van der Waals surface area contributed by atoms with Gasteiger partial charge in [0.25, 0.3) is 0 Å². The van der Waals surface area contributed by atoms with Crippen molar-refractivity contribution in [3.05, 3.63) is 0 Å². The van der Waals surface area contributed by atoms with Crippen molar-refractivity contribution in [2.75, 3.05) is 13.1 Å². The number of carboxylic acid groups (broad SMARTS) is 1. The van der Waals surface area contributed by atoms with Gasteiger partial charge in [-0.1, -0.05) is 0 Å². The van der Waals surface area contributed by atoms with Crippen LogP contribution < -0.4 is 0 Å². The number of halogens is 1. The third kappa shape index (κ3) is 1.47. The molecule has 62 valence electrons. The average molecular weight is 161 g/mol. The largest absolute Gasteiger partial charge is 0.465 e. The van der Waals surface area contributed by atoms with Crippen molar-refractivity contribution in [2.45, 2.75) is 6.17 Å². The normalized spacial score (nSPS) is 30.5. The molecule has 1 fully saturated rings. The summed E-state index contributed by atoms with van der Waals surface area (Å²) in [7, 11) is 0. The second-order valence-corrected chi connectivity index (χ2v) is 2.50. The Morgan fingerprint density at radius 3 is 2.55 bits per heavy atom. The lowest BCUT2D eigenvalue weighted by Gasteiger charge is -2.08. The molecular formula is C6H8FNO3. The van der Waals surface area contributed by atoms with Gasteiger partial charge in [-0.2, -0.15) is 0 Å². The first-order valence-corrected chi connectivity index (χ1v) is 3.22. The van der Waals surface area contributed by atoms with Gasteiger partial charge >= 0.3 is 6.09 Å². The first kappa shape index (κ1) is 7.97. The van der Waals surface area contributed by atoms with E-state index < -0.39 is 18.2 Å². The number of likely N-dealkylation sites (tertiary alicyclic amines) is 1. The third-order valence-electron chi connectivity index (χ3n) is 1.74. The monoisotopic (exact) mass is 161 g/mol. The SMILES string of the molecule is O=C[C@@H]1CN(C(=O)O)C[C@@H]1F. The minimum absolute atomic E-state index is 0.0139. The number of hydrogen-bond acceptors (Lipinski definition) is 2. The molecule has 0 aromatic heterocycles. The summed E-state index contributed by atoms with van der Waals surface area (Å²) in [4.78, 5) is 21.3. The fourth-order valence-corrected chi connectivity index (χ4v) is 1.07. The summed E-state index contributed by atoms with van der Waals surface area (Å²) < 4.78 is 12.7. The van der Waals surface area contributed by atoms with Crippen LogP contribution in [0.1, 0.15) is 0 Å². The van der Waals surface area contributed by atoms with Gasteiger partial charge in [-0.05, 0) is 0 Å². The molecule has 1 rings (SSSR count). The highest BCUT2D eigenvalue weighted by molar-refractivity contribution is 5.67. The molecular weight excluding hydrogens is 153 g/mol. The minimum atomic E-state index is -1.33. The number of alkyl halides is 1. The molecule has 1 N–H and O–H groups in total. The predicted molar refractivity (Wildman–Crippen MR) is 34.0 cm³/mol. The zero-order valence-electron chi connectivity index (χ0n) is 5.74. The number of rotatable bonds is 1. The van der Waals surface area contributed by atoms with E-state index in [2.05, 4.69) is 0 Å². The molecule has 0 spiro atoms. The molecule has 0 unspecified atom stereocenters. The van der Waals surface area contributed by atoms with E-state index in [1.54, 1.807) is 0 Å². The first-order valence-electron chi connectivity index (χ1n) is 3.22. The maximum absolute atomic E-state index is 12.7. The van der Waals surface area contributed by atoms with Gasteiger partial charge in [-0.3, -0.25) is 0 Å². The number of nitrogens with zero attached hydrogens (tertiary/aromatic N) is 1. The Morgan fingerprint density at radius 2 is 2.27 bits per heavy atom. The van der Waals surface area contributed by atoms with Gasteiger partial charge in [0.15, 0.2) is 0 Å². The lowest BCUT2D eigenvalue weighted by Crippen LogP contribution is -2.27. The molecule has 0 radical (unpaired) electrons. The van der Waals surface area contributed by atoms with Crippen LogP contribution in [0.25, 0.3) is 0 Å². The van der Waals surface area contributed by atoms with Crippen LogP contribution in [0.4, 0.5) is 9.18 Å². The lowest BCUT2D eigenvalue weighted by atomic mass is 10.1. The molecule has 1 amide bonds. The van der Waals surface area contributed by atoms with E-state index in [4.69, 9.17) is 5.11 Å². The Labute approximate surface area is 62.6 Å². The quantitative estimate of drug-likeness (QED) is 0.556. The summed E-state index contributed by atoms with van der Waals surface area (Å²) >= 11 is 0. The van der Waals surface area contributed by atoms with Crippen molar-refractivity contribution >= 4 is 12.4 Å². The molecule has 0 aromatic carbocycles. The molecule has 1 aliphatic rings. The second-order valence-electron chi connectivity index (χ2n) is 2.50. The van der Waals surface area contributed by atoms with Crippen molar-refractivity contribution in [3.63, 3.8) is 0 Å². The lowest BCUT2D eigenvalue weighted by molar-refractivity contribution is -0.111. The van der Waals surface area contributed by atoms with Crippen LogP contribution >= 0.6 is 0 Å². The smallest absolute Gasteiger partial charge is 0.407 e. The fraction of sp³-hybridized carbons (Fsp3) is 0.667. The molecule has 5 heteroatoms. The van der Waals surface area contributed by atoms with Gasteiger partial charge in [0, 0.05) is 6.54 Å². The van der Waals surface area contributed by atoms with E-state index in [9.17, 15) is 14.0 Å². The van der Waals surface area contributed by atoms with Crippen LogP contribution in [0.15, 0.2) is 0 Å². The predicted octanol–water partition coefficient (Wildman–Crippen LogP) is 0.133. The Morgan fingerprint density at radius 1 is 1.64 bits per heavy atom. The number of aldehydes is 1. The summed E-state index contributed by atoms with van der Waals surface area (Å²) in [6, 6.07) is 0. The first-order chi connectivity index (χ1) is 5.15. The highest BCUT2D eigenvalue weighted by Gasteiger charge is 2.34. The summed E-state index contributed by atoms with van der Waals surface area (Å²) in [6.45, 7) is -0.196. The van der Waals surface area contributed by atoms with Crippen molar-refractivity contribution in [3.8, 4) is 0 Å². The van der Waals surface area contributed by atoms with Gasteiger partial charge < -0.3 is 14.8 Å². The van der Waals surface area contributed by atoms with E-state index in [-0.39, 0.29) is 13.1 Å². The third-order valence-corrected chi connectivity index (χ3v) is 1.74. The molecule has 11 heavy (non-hydrogen) atoms. The van der Waals surface area contributed by atoms with Crippen molar-refractivity contribution in [2.24, 2.45) is 5.92 Å². The van der Waals surface area contributed by atoms with Gasteiger partial charge in [0.1, 0.15) is 12.5 Å². The van der Waals surface area contributed by atoms with Crippen LogP contribution in [-0.2, 0) is 4.79 Å². The minimum Gasteiger partial charge on any atom is -0.465 e. The van der Waals surface area contributed by atoms with Crippen molar-refractivity contribution in [1.29, 1.82) is 0 Å². The molecule has 0 bridgehead atoms. The van der Waals surface area contributed by atoms with E-state index >= 15 is 0 Å². The highest BCUT2D eigenvalue weighted by atomic mass is 19.1. The highest BCUT2D eigenvalue weighted by Crippen LogP contribution is 2.17. The van der Waals surface area contributed by atoms with Crippen LogP contribution in [0, 0.1) is 5.92 Å². The number of hydrogen-bond donors (Lipinski definition) is 1. The maximum Gasteiger partial charge on any atom is 0.407 e. The van der Waals surface area contributed by atoms with Gasteiger partial charge in [0.05, 0.1) is 12.5 Å². The van der Waals surface area contributed by atoms with Crippen molar-refractivity contribution in [1.82, 2.24) is 4.90 Å². The molecule has 0 aliphatic carbocycles. The average Bonchev–Trinajstić information content (AvgIpc) is 2.31. The second kappa shape index (κ2) is 2.86. The summed E-state index contributed by atoms with van der Waals surface area (Å²) in [6.07, 6.45) is -2.03. The van der Waals surface area contributed by atoms with Crippen LogP contribution in [0.3, 0.4) is 0 Å². The van der Waals surface area contributed by atoms with Crippen LogP contribution in [0.2, 0.25) is 0 Å². The Bertz CT molecular complexity index is 185. The Hall–Kier alpha value is -1.13. The van der Waals surface area contributed by atoms with Crippen LogP contribution in [-0.4, -0.2) is 41.6 Å². The molecule has 1 saturated heterocycles. The van der Waals surface area contributed by atoms with Gasteiger partial charge in [0.2, 0.25) is 0 Å². The zero-order chi connectivity index (χ0) is 8.43. The molecule has 4 nitrogen and oxygen atoms in total. The zero-order valence-corrected chi connectivity index (χ0v) is 5.74. The maximum atomic E-state index is 12.7. The topological polar surface area (TPSA) is 57.6 Å². The van der Waals surface area contributed by atoms with Crippen molar-refractivity contribution < 1.29 is 19.1 Å². The number of amides is 1. The molecule has 1 heterocycles. The number of carbonyl (C=O) groups is 2. The summed E-state index contributed by atoms with van der Waals surface area (Å²) in [5.41, 5.74) is 0. The molecule has 0 aromatic rings. The molecule has 2 atom stereocenters. The molecule has 0 saturated carbocycles. The van der Waals surface area contributed by atoms with E-state index in [1.165, 1.54) is 0 Å². The van der Waals surface area contributed by atoms with E-state index in [0.29, 0.717) is 6.29 Å². The van der Waals surface area contributed by atoms with Gasteiger partial charge in [-0.25, -0.2) is 9.18 Å². The Kier molecular flexibility index (Phi) is 2.07. The van der Waals surface area contributed by atoms with Gasteiger partial charge in [-0.15, -0.1) is 0 Å². The number of carbonyl (C=O) groups excluding carboxylic acids is 1. The summed E-state index contributed by atoms with van der Waals surface area (Å²) in [5.74, 6) is -0.772. The molecule has 1 aliphatic heterocycles. The standard InChI is InChI=1S/C6H8FNO3/c7-5-2-8(6(10)11)1-4(5)3-9/h3-5H,1-2H2,(H,10,11)/t4-,5-/m0/s1. The van der Waals surface area contributed by atoms with Crippen LogP contribution in [0.5, 0.6) is 0 Å². The fourth-order valence-electron chi connectivity index (χ4n) is 1.07. The van der Waals surface area contributed by atoms with E-state index in [0.717, 1.165) is 4.90 Å². The van der Waals surface area contributed by atoms with E-state index in [1.807, 2.05) is 0 Å². The summed E-state index contributed by atoms with van der Waals surface area (Å²) in [5, 5.41) is 8.39. The Balaban J connectivity index is 2.56.